The molecule has 0 bridgehead atoms. The number of benzene rings is 2. The number of non-ortho nitro benzene ring substituents is 1. The van der Waals surface area contributed by atoms with E-state index in [1.165, 1.54) is 12.1 Å². The molecule has 122 valence electrons. The minimum Gasteiger partial charge on any atom is -0.367 e. The second-order valence-electron chi connectivity index (χ2n) is 5.32. The molecule has 0 radical (unpaired) electrons. The summed E-state index contributed by atoms with van der Waals surface area (Å²) in [4.78, 5) is 36.0. The van der Waals surface area contributed by atoms with Gasteiger partial charge >= 0.3 is 0 Å². The normalized spacial score (nSPS) is 13.2. The Morgan fingerprint density at radius 3 is 2.54 bits per heavy atom. The van der Waals surface area contributed by atoms with Crippen LogP contribution >= 0.6 is 15.9 Å². The number of nitro benzene ring substituents is 1. The third-order valence-corrected chi connectivity index (χ3v) is 4.29. The van der Waals surface area contributed by atoms with Gasteiger partial charge in [0, 0.05) is 22.3 Å². The number of anilines is 1. The van der Waals surface area contributed by atoms with Crippen LogP contribution in [0.3, 0.4) is 0 Å². The summed E-state index contributed by atoms with van der Waals surface area (Å²) in [6.07, 6.45) is 0. The molecule has 0 atom stereocenters. The fourth-order valence-corrected chi connectivity index (χ4v) is 2.85. The van der Waals surface area contributed by atoms with Gasteiger partial charge in [0.15, 0.2) is 0 Å². The Morgan fingerprint density at radius 2 is 1.83 bits per heavy atom. The molecule has 0 saturated heterocycles. The Kier molecular flexibility index (Phi) is 4.06. The van der Waals surface area contributed by atoms with Gasteiger partial charge in [-0.1, -0.05) is 22.0 Å². The zero-order valence-electron chi connectivity index (χ0n) is 12.6. The van der Waals surface area contributed by atoms with Crippen LogP contribution in [0.1, 0.15) is 26.3 Å². The van der Waals surface area contributed by atoms with Gasteiger partial charge in [-0.3, -0.25) is 24.6 Å². The lowest BCUT2D eigenvalue weighted by molar-refractivity contribution is -0.384. The van der Waals surface area contributed by atoms with Crippen LogP contribution < -0.4 is 5.32 Å². The maximum Gasteiger partial charge on any atom is 0.270 e. The third kappa shape index (κ3) is 2.76. The van der Waals surface area contributed by atoms with E-state index in [0.29, 0.717) is 0 Å². The highest BCUT2D eigenvalue weighted by Gasteiger charge is 2.36. The Balaban J connectivity index is 1.83. The van der Waals surface area contributed by atoms with Crippen molar-refractivity contribution in [3.63, 3.8) is 0 Å². The van der Waals surface area contributed by atoms with E-state index < -0.39 is 16.7 Å². The third-order valence-electron chi connectivity index (χ3n) is 3.79. The van der Waals surface area contributed by atoms with Crippen molar-refractivity contribution in [3.05, 3.63) is 67.7 Å². The highest BCUT2D eigenvalue weighted by molar-refractivity contribution is 9.10. The first-order valence-corrected chi connectivity index (χ1v) is 7.82. The van der Waals surface area contributed by atoms with E-state index in [9.17, 15) is 19.7 Å². The molecule has 0 fully saturated rings. The molecule has 2 amide bonds. The topological polar surface area (TPSA) is 92.6 Å². The molecule has 8 heteroatoms. The van der Waals surface area contributed by atoms with Crippen LogP contribution in [0.25, 0.3) is 0 Å². The number of nitro groups is 1. The van der Waals surface area contributed by atoms with Gasteiger partial charge in [0.1, 0.15) is 0 Å². The van der Waals surface area contributed by atoms with Crippen molar-refractivity contribution in [3.8, 4) is 0 Å². The van der Waals surface area contributed by atoms with Crippen LogP contribution in [-0.4, -0.2) is 28.3 Å². The van der Waals surface area contributed by atoms with E-state index >= 15 is 0 Å². The van der Waals surface area contributed by atoms with Gasteiger partial charge in [-0.25, -0.2) is 0 Å². The fourth-order valence-electron chi connectivity index (χ4n) is 2.48. The molecule has 2 aromatic carbocycles. The summed E-state index contributed by atoms with van der Waals surface area (Å²) in [5, 5.41) is 13.9. The summed E-state index contributed by atoms with van der Waals surface area (Å²) < 4.78 is 0.869. The summed E-state index contributed by atoms with van der Waals surface area (Å²) in [7, 11) is 0. The zero-order chi connectivity index (χ0) is 17.4. The molecule has 1 heterocycles. The Morgan fingerprint density at radius 1 is 1.12 bits per heavy atom. The molecule has 0 aliphatic carbocycles. The molecule has 0 saturated carbocycles. The highest BCUT2D eigenvalue weighted by Crippen LogP contribution is 2.27. The summed E-state index contributed by atoms with van der Waals surface area (Å²) in [5.41, 5.74) is 1.77. The molecule has 0 aromatic heterocycles. The van der Waals surface area contributed by atoms with Crippen LogP contribution in [0.4, 0.5) is 11.4 Å². The van der Waals surface area contributed by atoms with Crippen LogP contribution in [0.5, 0.6) is 0 Å². The summed E-state index contributed by atoms with van der Waals surface area (Å²) in [5.74, 6) is -1.01. The zero-order valence-corrected chi connectivity index (χ0v) is 14.2. The van der Waals surface area contributed by atoms with Crippen molar-refractivity contribution < 1.29 is 14.5 Å². The number of carbonyl (C=O) groups is 2. The van der Waals surface area contributed by atoms with E-state index in [-0.39, 0.29) is 23.5 Å². The average Bonchev–Trinajstić information content (AvgIpc) is 2.79. The van der Waals surface area contributed by atoms with Crippen molar-refractivity contribution in [2.24, 2.45) is 0 Å². The lowest BCUT2D eigenvalue weighted by Gasteiger charge is -2.17. The SMILES string of the molecule is Cc1ccc(Br)cc1NCN1C(=O)c2ccc([N+](=O)[O-])cc2C1=O. The van der Waals surface area contributed by atoms with E-state index in [0.717, 1.165) is 26.7 Å². The standard InChI is InChI=1S/C16H12BrN3O4/c1-9-2-3-10(17)6-14(9)18-8-19-15(21)12-5-4-11(20(23)24)7-13(12)16(19)22/h2-7,18H,8H2,1H3. The van der Waals surface area contributed by atoms with Crippen LogP contribution in [0.15, 0.2) is 40.9 Å². The van der Waals surface area contributed by atoms with Gasteiger partial charge in [-0.15, -0.1) is 0 Å². The maximum atomic E-state index is 12.4. The second-order valence-corrected chi connectivity index (χ2v) is 6.24. The molecule has 1 N–H and O–H groups in total. The first kappa shape index (κ1) is 16.1. The van der Waals surface area contributed by atoms with E-state index in [1.807, 2.05) is 25.1 Å². The molecule has 3 rings (SSSR count). The number of fused-ring (bicyclic) bond motifs is 1. The number of halogens is 1. The van der Waals surface area contributed by atoms with Crippen molar-refractivity contribution >= 4 is 39.1 Å². The molecule has 1 aliphatic heterocycles. The van der Waals surface area contributed by atoms with Gasteiger partial charge in [-0.05, 0) is 30.7 Å². The number of amides is 2. The van der Waals surface area contributed by atoms with Crippen molar-refractivity contribution in [2.75, 3.05) is 12.0 Å². The highest BCUT2D eigenvalue weighted by atomic mass is 79.9. The Bertz CT molecular complexity index is 882. The number of aryl methyl sites for hydroxylation is 1. The lowest BCUT2D eigenvalue weighted by atomic mass is 10.1. The number of carbonyl (C=O) groups excluding carboxylic acids is 2. The summed E-state index contributed by atoms with van der Waals surface area (Å²) in [6.45, 7) is 1.89. The van der Waals surface area contributed by atoms with Gasteiger partial charge in [0.05, 0.1) is 22.7 Å². The predicted octanol–water partition coefficient (Wildman–Crippen LogP) is 3.33. The largest absolute Gasteiger partial charge is 0.367 e. The molecule has 0 unspecified atom stereocenters. The number of rotatable bonds is 4. The summed E-state index contributed by atoms with van der Waals surface area (Å²) >= 11 is 3.37. The predicted molar refractivity (Wildman–Crippen MR) is 91.0 cm³/mol. The van der Waals surface area contributed by atoms with Gasteiger partial charge < -0.3 is 5.32 Å². The quantitative estimate of drug-likeness (QED) is 0.491. The second kappa shape index (κ2) is 6.04. The number of nitrogens with zero attached hydrogens (tertiary/aromatic N) is 2. The fraction of sp³-hybridized carbons (Fsp3) is 0.125. The minimum absolute atomic E-state index is 0.0164. The lowest BCUT2D eigenvalue weighted by Crippen LogP contribution is -2.34. The van der Waals surface area contributed by atoms with Gasteiger partial charge in [-0.2, -0.15) is 0 Å². The first-order chi connectivity index (χ1) is 11.4. The smallest absolute Gasteiger partial charge is 0.270 e. The van der Waals surface area contributed by atoms with Crippen LogP contribution in [0.2, 0.25) is 0 Å². The van der Waals surface area contributed by atoms with Crippen molar-refractivity contribution in [2.45, 2.75) is 6.92 Å². The van der Waals surface area contributed by atoms with Gasteiger partial charge in [0.2, 0.25) is 0 Å². The van der Waals surface area contributed by atoms with Crippen LogP contribution in [0, 0.1) is 17.0 Å². The number of nitrogens with one attached hydrogen (secondary N) is 1. The van der Waals surface area contributed by atoms with Crippen molar-refractivity contribution in [1.29, 1.82) is 0 Å². The van der Waals surface area contributed by atoms with Crippen LogP contribution in [-0.2, 0) is 0 Å². The molecule has 1 aliphatic rings. The molecular weight excluding hydrogens is 378 g/mol. The Labute approximate surface area is 145 Å². The molecule has 7 nitrogen and oxygen atoms in total. The summed E-state index contributed by atoms with van der Waals surface area (Å²) in [6, 6.07) is 9.32. The minimum atomic E-state index is -0.593. The van der Waals surface area contributed by atoms with E-state index in [2.05, 4.69) is 21.2 Å². The number of hydrogen-bond acceptors (Lipinski definition) is 5. The Hall–Kier alpha value is -2.74. The monoisotopic (exact) mass is 389 g/mol. The molecule has 0 spiro atoms. The molecule has 24 heavy (non-hydrogen) atoms. The molecule has 2 aromatic rings. The van der Waals surface area contributed by atoms with E-state index in [4.69, 9.17) is 0 Å². The average molecular weight is 390 g/mol. The first-order valence-electron chi connectivity index (χ1n) is 7.03. The molecular formula is C16H12BrN3O4. The van der Waals surface area contributed by atoms with Gasteiger partial charge in [0.25, 0.3) is 17.5 Å². The maximum absolute atomic E-state index is 12.4. The van der Waals surface area contributed by atoms with Crippen molar-refractivity contribution in [1.82, 2.24) is 4.90 Å². The number of imide groups is 1. The van der Waals surface area contributed by atoms with E-state index in [1.54, 1.807) is 0 Å². The number of hydrogen-bond donors (Lipinski definition) is 1.